The predicted octanol–water partition coefficient (Wildman–Crippen LogP) is 3.08. The lowest BCUT2D eigenvalue weighted by Crippen LogP contribution is -2.14. The van der Waals surface area contributed by atoms with Gasteiger partial charge in [-0.05, 0) is 23.6 Å². The van der Waals surface area contributed by atoms with Gasteiger partial charge in [0.2, 0.25) is 5.13 Å². The quantitative estimate of drug-likeness (QED) is 0.703. The van der Waals surface area contributed by atoms with E-state index in [0.717, 1.165) is 16.2 Å². The summed E-state index contributed by atoms with van der Waals surface area (Å²) in [6.07, 6.45) is 0. The maximum absolute atomic E-state index is 12.6. The largest absolute Gasteiger partial charge is 0.497 e. The van der Waals surface area contributed by atoms with Gasteiger partial charge in [0.1, 0.15) is 16.4 Å². The van der Waals surface area contributed by atoms with E-state index in [0.29, 0.717) is 10.8 Å². The van der Waals surface area contributed by atoms with Gasteiger partial charge in [-0.2, -0.15) is 0 Å². The van der Waals surface area contributed by atoms with Gasteiger partial charge in [0, 0.05) is 6.07 Å². The van der Waals surface area contributed by atoms with Crippen molar-refractivity contribution in [3.05, 3.63) is 35.7 Å². The molecule has 0 spiro atoms. The second-order valence-corrected chi connectivity index (χ2v) is 8.09. The summed E-state index contributed by atoms with van der Waals surface area (Å²) in [6.45, 7) is 0. The molecule has 0 unspecified atom stereocenters. The second-order valence-electron chi connectivity index (χ2n) is 4.51. The first-order valence-electron chi connectivity index (χ1n) is 6.65. The van der Waals surface area contributed by atoms with Gasteiger partial charge in [-0.25, -0.2) is 8.42 Å². The molecule has 2 aromatic heterocycles. The van der Waals surface area contributed by atoms with Crippen molar-refractivity contribution in [3.8, 4) is 21.4 Å². The van der Waals surface area contributed by atoms with Crippen molar-refractivity contribution in [1.29, 1.82) is 0 Å². The van der Waals surface area contributed by atoms with Gasteiger partial charge in [-0.1, -0.05) is 17.4 Å². The minimum Gasteiger partial charge on any atom is -0.497 e. The Balaban J connectivity index is 1.92. The van der Waals surface area contributed by atoms with E-state index in [1.54, 1.807) is 6.07 Å². The van der Waals surface area contributed by atoms with Crippen LogP contribution in [-0.2, 0) is 10.0 Å². The Morgan fingerprint density at radius 2 is 1.96 bits per heavy atom. The van der Waals surface area contributed by atoms with Crippen molar-refractivity contribution in [2.45, 2.75) is 4.90 Å². The highest BCUT2D eigenvalue weighted by Crippen LogP contribution is 2.33. The Kier molecular flexibility index (Phi) is 4.69. The lowest BCUT2D eigenvalue weighted by molar-refractivity contribution is 0.392. The normalized spacial score (nSPS) is 11.2. The van der Waals surface area contributed by atoms with E-state index >= 15 is 0 Å². The number of methoxy groups -OCH3 is 2. The highest BCUT2D eigenvalue weighted by molar-refractivity contribution is 7.93. The zero-order valence-electron chi connectivity index (χ0n) is 12.7. The number of nitrogens with one attached hydrogen (secondary N) is 1. The van der Waals surface area contributed by atoms with Crippen molar-refractivity contribution < 1.29 is 17.9 Å². The topological polar surface area (TPSA) is 90.4 Å². The molecule has 0 bridgehead atoms. The highest BCUT2D eigenvalue weighted by atomic mass is 32.2. The molecule has 1 aromatic carbocycles. The number of ether oxygens (including phenoxy) is 2. The SMILES string of the molecule is COc1ccc(OC)c(S(=O)(=O)Nc2nnc(-c3cccs3)s2)c1. The van der Waals surface area contributed by atoms with E-state index in [1.807, 2.05) is 17.5 Å². The Morgan fingerprint density at radius 3 is 2.62 bits per heavy atom. The van der Waals surface area contributed by atoms with Gasteiger partial charge >= 0.3 is 0 Å². The third-order valence-electron chi connectivity index (χ3n) is 3.04. The van der Waals surface area contributed by atoms with Crippen LogP contribution in [0.4, 0.5) is 5.13 Å². The summed E-state index contributed by atoms with van der Waals surface area (Å²) in [4.78, 5) is 0.897. The fourth-order valence-electron chi connectivity index (χ4n) is 1.93. The number of nitrogens with zero attached hydrogens (tertiary/aromatic N) is 2. The summed E-state index contributed by atoms with van der Waals surface area (Å²) in [5, 5.41) is 10.7. The third-order valence-corrected chi connectivity index (χ3v) is 6.41. The van der Waals surface area contributed by atoms with Crippen LogP contribution in [-0.4, -0.2) is 32.8 Å². The van der Waals surface area contributed by atoms with E-state index in [4.69, 9.17) is 9.47 Å². The first-order valence-corrected chi connectivity index (χ1v) is 9.83. The maximum atomic E-state index is 12.6. The first kappa shape index (κ1) is 16.7. The van der Waals surface area contributed by atoms with Crippen LogP contribution in [0.3, 0.4) is 0 Å². The van der Waals surface area contributed by atoms with Crippen molar-refractivity contribution >= 4 is 37.8 Å². The Morgan fingerprint density at radius 1 is 1.12 bits per heavy atom. The molecular weight excluding hydrogens is 370 g/mol. The fourth-order valence-corrected chi connectivity index (χ4v) is 4.88. The molecule has 0 fully saturated rings. The smallest absolute Gasteiger partial charge is 0.267 e. The molecule has 0 saturated heterocycles. The van der Waals surface area contributed by atoms with E-state index in [2.05, 4.69) is 14.9 Å². The highest BCUT2D eigenvalue weighted by Gasteiger charge is 2.22. The molecule has 1 N–H and O–H groups in total. The van der Waals surface area contributed by atoms with E-state index in [1.165, 1.54) is 37.7 Å². The van der Waals surface area contributed by atoms with Crippen LogP contribution in [0.15, 0.2) is 40.6 Å². The van der Waals surface area contributed by atoms with Crippen LogP contribution < -0.4 is 14.2 Å². The number of aromatic nitrogens is 2. The Hall–Kier alpha value is -2.17. The number of sulfonamides is 1. The van der Waals surface area contributed by atoms with E-state index in [-0.39, 0.29) is 15.8 Å². The van der Waals surface area contributed by atoms with Crippen molar-refractivity contribution in [3.63, 3.8) is 0 Å². The van der Waals surface area contributed by atoms with Crippen LogP contribution in [0, 0.1) is 0 Å². The molecule has 3 aromatic rings. The molecule has 0 aliphatic rings. The average Bonchev–Trinajstić information content (AvgIpc) is 3.25. The summed E-state index contributed by atoms with van der Waals surface area (Å²) in [6, 6.07) is 8.34. The molecule has 24 heavy (non-hydrogen) atoms. The number of anilines is 1. The number of thiophene rings is 1. The summed E-state index contributed by atoms with van der Waals surface area (Å²) in [5.41, 5.74) is 0. The van der Waals surface area contributed by atoms with Gasteiger partial charge in [0.05, 0.1) is 19.1 Å². The Labute approximate surface area is 147 Å². The number of rotatable bonds is 6. The monoisotopic (exact) mass is 383 g/mol. The molecule has 0 atom stereocenters. The zero-order chi connectivity index (χ0) is 17.2. The molecule has 10 heteroatoms. The molecule has 0 saturated carbocycles. The third kappa shape index (κ3) is 3.35. The van der Waals surface area contributed by atoms with Crippen LogP contribution >= 0.6 is 22.7 Å². The van der Waals surface area contributed by atoms with Crippen LogP contribution in [0.1, 0.15) is 0 Å². The number of hydrogen-bond donors (Lipinski definition) is 1. The van der Waals surface area contributed by atoms with E-state index in [9.17, 15) is 8.42 Å². The Bertz CT molecular complexity index is 936. The van der Waals surface area contributed by atoms with Gasteiger partial charge in [0.25, 0.3) is 10.0 Å². The van der Waals surface area contributed by atoms with Crippen molar-refractivity contribution in [2.24, 2.45) is 0 Å². The number of benzene rings is 1. The fraction of sp³-hybridized carbons (Fsp3) is 0.143. The van der Waals surface area contributed by atoms with Gasteiger partial charge < -0.3 is 9.47 Å². The molecule has 2 heterocycles. The zero-order valence-corrected chi connectivity index (χ0v) is 15.2. The molecule has 3 rings (SSSR count). The van der Waals surface area contributed by atoms with Crippen molar-refractivity contribution in [1.82, 2.24) is 10.2 Å². The molecule has 0 aliphatic carbocycles. The number of hydrogen-bond acceptors (Lipinski definition) is 8. The minimum absolute atomic E-state index is 0.0303. The molecular formula is C14H13N3O4S3. The van der Waals surface area contributed by atoms with Gasteiger partial charge in [0.15, 0.2) is 5.01 Å². The lowest BCUT2D eigenvalue weighted by Gasteiger charge is -2.11. The lowest BCUT2D eigenvalue weighted by atomic mass is 10.3. The summed E-state index contributed by atoms with van der Waals surface area (Å²) < 4.78 is 37.9. The summed E-state index contributed by atoms with van der Waals surface area (Å²) in [5.74, 6) is 0.624. The van der Waals surface area contributed by atoms with Gasteiger partial charge in [-0.15, -0.1) is 21.5 Å². The van der Waals surface area contributed by atoms with Crippen LogP contribution in [0.2, 0.25) is 0 Å². The molecule has 0 radical (unpaired) electrons. The average molecular weight is 383 g/mol. The second kappa shape index (κ2) is 6.75. The van der Waals surface area contributed by atoms with Crippen LogP contribution in [0.5, 0.6) is 11.5 Å². The predicted molar refractivity (Wildman–Crippen MR) is 93.6 cm³/mol. The summed E-state index contributed by atoms with van der Waals surface area (Å²) in [7, 11) is -1.02. The first-order chi connectivity index (χ1) is 11.5. The molecule has 0 aliphatic heterocycles. The molecule has 0 amide bonds. The molecule has 126 valence electrons. The van der Waals surface area contributed by atoms with Gasteiger partial charge in [-0.3, -0.25) is 4.72 Å². The van der Waals surface area contributed by atoms with Crippen molar-refractivity contribution in [2.75, 3.05) is 18.9 Å². The van der Waals surface area contributed by atoms with Crippen LogP contribution in [0.25, 0.3) is 9.88 Å². The molecule has 7 nitrogen and oxygen atoms in total. The van der Waals surface area contributed by atoms with E-state index < -0.39 is 10.0 Å². The maximum Gasteiger partial charge on any atom is 0.267 e. The standard InChI is InChI=1S/C14H13N3O4S3/c1-20-9-5-6-10(21-2)12(8-9)24(18,19)17-14-16-15-13(23-14)11-4-3-7-22-11/h3-8H,1-2H3,(H,16,17). The minimum atomic E-state index is -3.89. The summed E-state index contributed by atoms with van der Waals surface area (Å²) >= 11 is 2.67.